The van der Waals surface area contributed by atoms with Crippen LogP contribution >= 0.6 is 0 Å². The van der Waals surface area contributed by atoms with Crippen LogP contribution in [0.15, 0.2) is 42.6 Å². The Labute approximate surface area is 186 Å². The quantitative estimate of drug-likeness (QED) is 0.497. The monoisotopic (exact) mass is 436 g/mol. The van der Waals surface area contributed by atoms with Crippen molar-refractivity contribution >= 4 is 34.3 Å². The second-order valence-electron chi connectivity index (χ2n) is 8.15. The van der Waals surface area contributed by atoms with E-state index in [0.29, 0.717) is 29.9 Å². The van der Waals surface area contributed by atoms with Crippen molar-refractivity contribution in [3.05, 3.63) is 53.9 Å². The van der Waals surface area contributed by atoms with E-state index >= 15 is 0 Å². The van der Waals surface area contributed by atoms with Crippen LogP contribution in [0.2, 0.25) is 0 Å². The van der Waals surface area contributed by atoms with Crippen molar-refractivity contribution in [2.75, 3.05) is 31.5 Å². The number of amides is 1. The van der Waals surface area contributed by atoms with E-state index in [0.717, 1.165) is 24.1 Å². The van der Waals surface area contributed by atoms with Crippen molar-refractivity contribution in [2.24, 2.45) is 5.92 Å². The maximum absolute atomic E-state index is 12.9. The van der Waals surface area contributed by atoms with E-state index in [1.165, 1.54) is 7.11 Å². The number of anilines is 2. The summed E-state index contributed by atoms with van der Waals surface area (Å²) in [6.45, 7) is 2.95. The minimum absolute atomic E-state index is 0.0102. The third kappa shape index (κ3) is 4.60. The number of rotatable bonds is 9. The van der Waals surface area contributed by atoms with E-state index in [1.807, 2.05) is 43.3 Å². The molecule has 1 aromatic carbocycles. The normalized spacial score (nSPS) is 14.2. The lowest BCUT2D eigenvalue weighted by molar-refractivity contribution is -0.117. The number of pyridine rings is 1. The Balaban J connectivity index is 1.85. The molecule has 2 heterocycles. The number of esters is 1. The molecule has 0 spiro atoms. The Morgan fingerprint density at radius 1 is 1.22 bits per heavy atom. The molecule has 0 aliphatic heterocycles. The average molecular weight is 437 g/mol. The number of hydrogen-bond donors (Lipinski definition) is 2. The molecule has 2 aromatic heterocycles. The number of carbonyl (C=O) groups is 2. The summed E-state index contributed by atoms with van der Waals surface area (Å²) >= 11 is 0. The fourth-order valence-electron chi connectivity index (χ4n) is 3.81. The van der Waals surface area contributed by atoms with Gasteiger partial charge in [-0.1, -0.05) is 30.3 Å². The zero-order valence-electron chi connectivity index (χ0n) is 18.6. The van der Waals surface area contributed by atoms with E-state index in [-0.39, 0.29) is 23.6 Å². The van der Waals surface area contributed by atoms with E-state index < -0.39 is 5.97 Å². The molecule has 1 saturated carbocycles. The molecule has 8 heteroatoms. The molecule has 4 rings (SSSR count). The topological polar surface area (TPSA) is 94.5 Å². The van der Waals surface area contributed by atoms with Crippen LogP contribution in [0.3, 0.4) is 0 Å². The van der Waals surface area contributed by atoms with Crippen LogP contribution in [0.5, 0.6) is 0 Å². The Morgan fingerprint density at radius 2 is 1.97 bits per heavy atom. The largest absolute Gasteiger partial charge is 0.464 e. The highest BCUT2D eigenvalue weighted by Crippen LogP contribution is 2.36. The lowest BCUT2D eigenvalue weighted by Crippen LogP contribution is -2.20. The number of fused-ring (bicyclic) bond motifs is 1. The minimum Gasteiger partial charge on any atom is -0.464 e. The Bertz CT molecular complexity index is 1120. The van der Waals surface area contributed by atoms with E-state index in [1.54, 1.807) is 17.9 Å². The maximum Gasteiger partial charge on any atom is 0.356 e. The smallest absolute Gasteiger partial charge is 0.356 e. The zero-order valence-corrected chi connectivity index (χ0v) is 18.6. The fraction of sp³-hybridized carbons (Fsp3) is 0.375. The molecule has 1 aliphatic rings. The molecule has 3 aromatic rings. The zero-order chi connectivity index (χ0) is 22.7. The van der Waals surface area contributed by atoms with Crippen molar-refractivity contribution in [1.82, 2.24) is 9.55 Å². The van der Waals surface area contributed by atoms with Crippen LogP contribution in [0, 0.1) is 5.92 Å². The van der Waals surface area contributed by atoms with Crippen LogP contribution in [0.25, 0.3) is 11.0 Å². The molecule has 32 heavy (non-hydrogen) atoms. The lowest BCUT2D eigenvalue weighted by atomic mass is 10.2. The number of carbonyl (C=O) groups excluding carboxylic acids is 2. The van der Waals surface area contributed by atoms with Crippen molar-refractivity contribution < 1.29 is 19.1 Å². The van der Waals surface area contributed by atoms with Gasteiger partial charge in [0.05, 0.1) is 31.3 Å². The van der Waals surface area contributed by atoms with Crippen molar-refractivity contribution in [3.63, 3.8) is 0 Å². The fourth-order valence-corrected chi connectivity index (χ4v) is 3.81. The van der Waals surface area contributed by atoms with Crippen LogP contribution in [0.1, 0.15) is 35.8 Å². The average Bonchev–Trinajstić information content (AvgIpc) is 3.60. The highest BCUT2D eigenvalue weighted by molar-refractivity contribution is 6.11. The van der Waals surface area contributed by atoms with Gasteiger partial charge in [0.15, 0.2) is 5.69 Å². The summed E-state index contributed by atoms with van der Waals surface area (Å²) in [5.41, 5.74) is 3.11. The summed E-state index contributed by atoms with van der Waals surface area (Å²) in [5, 5.41) is 7.02. The first-order valence-corrected chi connectivity index (χ1v) is 10.7. The number of nitrogens with one attached hydrogen (secondary N) is 2. The summed E-state index contributed by atoms with van der Waals surface area (Å²) in [5.74, 6) is -0.615. The molecule has 0 saturated heterocycles. The summed E-state index contributed by atoms with van der Waals surface area (Å²) in [4.78, 5) is 30.2. The first kappa shape index (κ1) is 21.8. The van der Waals surface area contributed by atoms with Crippen LogP contribution in [0.4, 0.5) is 11.4 Å². The van der Waals surface area contributed by atoms with Crippen LogP contribution in [-0.4, -0.2) is 48.3 Å². The Hall–Kier alpha value is -3.39. The van der Waals surface area contributed by atoms with Crippen molar-refractivity contribution in [3.8, 4) is 0 Å². The number of benzene rings is 1. The van der Waals surface area contributed by atoms with Gasteiger partial charge in [-0.05, 0) is 31.4 Å². The molecule has 1 fully saturated rings. The molecule has 1 atom stereocenters. The van der Waals surface area contributed by atoms with Gasteiger partial charge < -0.3 is 24.7 Å². The molecule has 168 valence electrons. The van der Waals surface area contributed by atoms with Gasteiger partial charge in [0.2, 0.25) is 5.91 Å². The standard InChI is InChI=1S/C24H28N4O4/c1-15(14-31-2)26-18-11-19-20(27-23(29)17-9-10-17)21(24(30)32-3)28(22(19)25-12-18)13-16-7-5-4-6-8-16/h4-8,11-12,15,17,26H,9-10,13-14H2,1-3H3,(H,27,29)/t15-/m0/s1. The molecule has 0 radical (unpaired) electrons. The summed E-state index contributed by atoms with van der Waals surface area (Å²) < 4.78 is 12.1. The number of hydrogen-bond acceptors (Lipinski definition) is 6. The summed E-state index contributed by atoms with van der Waals surface area (Å²) in [6, 6.07) is 11.8. The number of ether oxygens (including phenoxy) is 2. The van der Waals surface area contributed by atoms with Gasteiger partial charge in [0, 0.05) is 31.0 Å². The second-order valence-corrected chi connectivity index (χ2v) is 8.15. The maximum atomic E-state index is 12.9. The predicted octanol–water partition coefficient (Wildman–Crippen LogP) is 3.67. The van der Waals surface area contributed by atoms with Gasteiger partial charge in [0.25, 0.3) is 0 Å². The SMILES string of the molecule is COC[C@H](C)Nc1cnc2c(c1)c(NC(=O)C1CC1)c(C(=O)OC)n2Cc1ccccc1. The Kier molecular flexibility index (Phi) is 6.41. The van der Waals surface area contributed by atoms with Gasteiger partial charge in [-0.15, -0.1) is 0 Å². The lowest BCUT2D eigenvalue weighted by Gasteiger charge is -2.14. The molecular formula is C24H28N4O4. The van der Waals surface area contributed by atoms with E-state index in [9.17, 15) is 9.59 Å². The molecule has 2 N–H and O–H groups in total. The predicted molar refractivity (Wildman–Crippen MR) is 123 cm³/mol. The van der Waals surface area contributed by atoms with Crippen molar-refractivity contribution in [2.45, 2.75) is 32.4 Å². The highest BCUT2D eigenvalue weighted by Gasteiger charge is 2.33. The van der Waals surface area contributed by atoms with Gasteiger partial charge in [-0.25, -0.2) is 9.78 Å². The second kappa shape index (κ2) is 9.40. The summed E-state index contributed by atoms with van der Waals surface area (Å²) in [6.07, 6.45) is 3.45. The van der Waals surface area contributed by atoms with E-state index in [4.69, 9.17) is 9.47 Å². The number of nitrogens with zero attached hydrogens (tertiary/aromatic N) is 2. The molecule has 1 aliphatic carbocycles. The first-order chi connectivity index (χ1) is 15.5. The third-order valence-corrected chi connectivity index (χ3v) is 5.49. The van der Waals surface area contributed by atoms with E-state index in [2.05, 4.69) is 15.6 Å². The van der Waals surface area contributed by atoms with Gasteiger partial charge >= 0.3 is 5.97 Å². The Morgan fingerprint density at radius 3 is 2.62 bits per heavy atom. The van der Waals surface area contributed by atoms with Crippen LogP contribution in [-0.2, 0) is 20.8 Å². The number of aromatic nitrogens is 2. The van der Waals surface area contributed by atoms with Crippen LogP contribution < -0.4 is 10.6 Å². The molecule has 1 amide bonds. The van der Waals surface area contributed by atoms with Gasteiger partial charge in [-0.3, -0.25) is 4.79 Å². The first-order valence-electron chi connectivity index (χ1n) is 10.7. The minimum atomic E-state index is -0.521. The summed E-state index contributed by atoms with van der Waals surface area (Å²) in [7, 11) is 2.99. The molecule has 8 nitrogen and oxygen atoms in total. The molecular weight excluding hydrogens is 408 g/mol. The molecule has 0 bridgehead atoms. The molecule has 0 unspecified atom stereocenters. The van der Waals surface area contributed by atoms with Crippen molar-refractivity contribution in [1.29, 1.82) is 0 Å². The van der Waals surface area contributed by atoms with Gasteiger partial charge in [0.1, 0.15) is 5.65 Å². The van der Waals surface area contributed by atoms with Gasteiger partial charge in [-0.2, -0.15) is 0 Å². The third-order valence-electron chi connectivity index (χ3n) is 5.49. The highest BCUT2D eigenvalue weighted by atomic mass is 16.5. The number of methoxy groups -OCH3 is 2.